The second-order valence-electron chi connectivity index (χ2n) is 3.63. The van der Waals surface area contributed by atoms with Crippen molar-refractivity contribution in [2.24, 2.45) is 0 Å². The van der Waals surface area contributed by atoms with Gasteiger partial charge in [-0.2, -0.15) is 0 Å². The van der Waals surface area contributed by atoms with E-state index in [-0.39, 0.29) is 0 Å². The van der Waals surface area contributed by atoms with Crippen molar-refractivity contribution in [3.05, 3.63) is 39.3 Å². The van der Waals surface area contributed by atoms with Gasteiger partial charge >= 0.3 is 0 Å². The van der Waals surface area contributed by atoms with Gasteiger partial charge in [-0.1, -0.05) is 30.1 Å². The Labute approximate surface area is 103 Å². The van der Waals surface area contributed by atoms with Gasteiger partial charge in [-0.05, 0) is 25.0 Å². The minimum absolute atomic E-state index is 0.308. The lowest BCUT2D eigenvalue weighted by molar-refractivity contribution is 0.629. The van der Waals surface area contributed by atoms with E-state index in [0.29, 0.717) is 20.9 Å². The third-order valence-electron chi connectivity index (χ3n) is 2.60. The SMILES string of the molecule is CCc1c(C)nc2cc(F)cc(Cl)c2c1Cl. The highest BCUT2D eigenvalue weighted by Gasteiger charge is 2.13. The highest BCUT2D eigenvalue weighted by atomic mass is 35.5. The van der Waals surface area contributed by atoms with Crippen LogP contribution >= 0.6 is 23.2 Å². The number of hydrogen-bond acceptors (Lipinski definition) is 1. The first-order chi connectivity index (χ1) is 7.54. The van der Waals surface area contributed by atoms with Crippen LogP contribution in [0.3, 0.4) is 0 Å². The van der Waals surface area contributed by atoms with Crippen molar-refractivity contribution >= 4 is 34.1 Å². The molecule has 16 heavy (non-hydrogen) atoms. The van der Waals surface area contributed by atoms with E-state index in [1.165, 1.54) is 12.1 Å². The van der Waals surface area contributed by atoms with E-state index in [2.05, 4.69) is 4.98 Å². The van der Waals surface area contributed by atoms with Crippen LogP contribution in [0.2, 0.25) is 10.0 Å². The number of benzene rings is 1. The summed E-state index contributed by atoms with van der Waals surface area (Å²) in [5.74, 6) is -0.398. The number of hydrogen-bond donors (Lipinski definition) is 0. The monoisotopic (exact) mass is 257 g/mol. The molecule has 0 radical (unpaired) electrons. The van der Waals surface area contributed by atoms with Gasteiger partial charge in [-0.3, -0.25) is 4.98 Å². The third-order valence-corrected chi connectivity index (χ3v) is 3.31. The zero-order chi connectivity index (χ0) is 11.9. The summed E-state index contributed by atoms with van der Waals surface area (Å²) in [5.41, 5.74) is 2.29. The molecule has 1 aromatic heterocycles. The smallest absolute Gasteiger partial charge is 0.126 e. The highest BCUT2D eigenvalue weighted by molar-refractivity contribution is 6.42. The molecule has 2 aromatic rings. The predicted octanol–water partition coefficient (Wildman–Crippen LogP) is 4.55. The fourth-order valence-corrected chi connectivity index (χ4v) is 2.65. The Balaban J connectivity index is 2.93. The maximum Gasteiger partial charge on any atom is 0.126 e. The normalized spacial score (nSPS) is 11.1. The van der Waals surface area contributed by atoms with E-state index in [1.807, 2.05) is 13.8 Å². The van der Waals surface area contributed by atoms with Crippen LogP contribution in [0.15, 0.2) is 12.1 Å². The Morgan fingerprint density at radius 3 is 2.62 bits per heavy atom. The number of aromatic nitrogens is 1. The molecule has 1 aromatic carbocycles. The van der Waals surface area contributed by atoms with Crippen LogP contribution < -0.4 is 0 Å². The first kappa shape index (κ1) is 11.6. The molecule has 1 nitrogen and oxygen atoms in total. The number of rotatable bonds is 1. The summed E-state index contributed by atoms with van der Waals surface area (Å²) in [6, 6.07) is 2.60. The molecule has 0 unspecified atom stereocenters. The molecule has 0 spiro atoms. The molecule has 84 valence electrons. The molecule has 0 fully saturated rings. The van der Waals surface area contributed by atoms with E-state index < -0.39 is 5.82 Å². The zero-order valence-corrected chi connectivity index (χ0v) is 10.5. The van der Waals surface area contributed by atoms with E-state index in [9.17, 15) is 4.39 Å². The van der Waals surface area contributed by atoms with Crippen LogP contribution in [0, 0.1) is 12.7 Å². The quantitative estimate of drug-likeness (QED) is 0.731. The van der Waals surface area contributed by atoms with Gasteiger partial charge < -0.3 is 0 Å². The van der Waals surface area contributed by atoms with Gasteiger partial charge in [0, 0.05) is 17.1 Å². The molecule has 0 atom stereocenters. The molecule has 2 rings (SSSR count). The van der Waals surface area contributed by atoms with E-state index >= 15 is 0 Å². The largest absolute Gasteiger partial charge is 0.253 e. The Morgan fingerprint density at radius 1 is 1.31 bits per heavy atom. The fourth-order valence-electron chi connectivity index (χ4n) is 1.83. The minimum Gasteiger partial charge on any atom is -0.253 e. The van der Waals surface area contributed by atoms with E-state index in [0.717, 1.165) is 17.7 Å². The first-order valence-electron chi connectivity index (χ1n) is 4.98. The summed E-state index contributed by atoms with van der Waals surface area (Å²) in [7, 11) is 0. The van der Waals surface area contributed by atoms with Crippen LogP contribution in [0.25, 0.3) is 10.9 Å². The molecule has 0 amide bonds. The molecular weight excluding hydrogens is 248 g/mol. The Hall–Kier alpha value is -0.860. The van der Waals surface area contributed by atoms with Crippen LogP contribution in [-0.2, 0) is 6.42 Å². The summed E-state index contributed by atoms with van der Waals surface area (Å²) >= 11 is 12.2. The van der Waals surface area contributed by atoms with Crippen molar-refractivity contribution in [2.75, 3.05) is 0 Å². The van der Waals surface area contributed by atoms with Gasteiger partial charge in [-0.25, -0.2) is 4.39 Å². The minimum atomic E-state index is -0.398. The molecule has 0 bridgehead atoms. The lowest BCUT2D eigenvalue weighted by Crippen LogP contribution is -1.95. The first-order valence-corrected chi connectivity index (χ1v) is 5.74. The summed E-state index contributed by atoms with van der Waals surface area (Å²) in [6.07, 6.45) is 0.779. The predicted molar refractivity (Wildman–Crippen MR) is 65.8 cm³/mol. The van der Waals surface area contributed by atoms with Crippen LogP contribution in [0.5, 0.6) is 0 Å². The van der Waals surface area contributed by atoms with Crippen molar-refractivity contribution in [2.45, 2.75) is 20.3 Å². The van der Waals surface area contributed by atoms with Crippen LogP contribution in [0.1, 0.15) is 18.2 Å². The van der Waals surface area contributed by atoms with Gasteiger partial charge in [-0.15, -0.1) is 0 Å². The maximum absolute atomic E-state index is 13.2. The Bertz CT molecular complexity index is 567. The molecule has 4 heteroatoms. The molecule has 0 aliphatic rings. The molecule has 0 aliphatic heterocycles. The molecular formula is C12H10Cl2FN. The van der Waals surface area contributed by atoms with Crippen molar-refractivity contribution in [1.29, 1.82) is 0 Å². The molecule has 0 aliphatic carbocycles. The second kappa shape index (κ2) is 4.19. The number of pyridine rings is 1. The van der Waals surface area contributed by atoms with Gasteiger partial charge in [0.1, 0.15) is 5.82 Å². The third kappa shape index (κ3) is 1.76. The summed E-state index contributed by atoms with van der Waals surface area (Å²) in [5, 5.41) is 1.52. The zero-order valence-electron chi connectivity index (χ0n) is 8.94. The lowest BCUT2D eigenvalue weighted by atomic mass is 10.1. The van der Waals surface area contributed by atoms with Gasteiger partial charge in [0.15, 0.2) is 0 Å². The van der Waals surface area contributed by atoms with E-state index in [1.54, 1.807) is 0 Å². The number of nitrogens with zero attached hydrogens (tertiary/aromatic N) is 1. The Kier molecular flexibility index (Phi) is 3.04. The molecule has 0 saturated heterocycles. The van der Waals surface area contributed by atoms with Crippen molar-refractivity contribution in [3.8, 4) is 0 Å². The molecule has 1 heterocycles. The summed E-state index contributed by atoms with van der Waals surface area (Å²) in [4.78, 5) is 4.32. The lowest BCUT2D eigenvalue weighted by Gasteiger charge is -2.10. The number of fused-ring (bicyclic) bond motifs is 1. The molecule has 0 N–H and O–H groups in total. The topological polar surface area (TPSA) is 12.9 Å². The van der Waals surface area contributed by atoms with Crippen molar-refractivity contribution < 1.29 is 4.39 Å². The highest BCUT2D eigenvalue weighted by Crippen LogP contribution is 2.34. The standard InChI is InChI=1S/C12H10Cl2FN/c1-3-8-6(2)16-10-5-7(15)4-9(13)11(10)12(8)14/h4-5H,3H2,1-2H3. The van der Waals surface area contributed by atoms with Gasteiger partial charge in [0.25, 0.3) is 0 Å². The maximum atomic E-state index is 13.2. The van der Waals surface area contributed by atoms with Crippen LogP contribution in [-0.4, -0.2) is 4.98 Å². The molecule has 0 saturated carbocycles. The second-order valence-corrected chi connectivity index (χ2v) is 4.41. The summed E-state index contributed by atoms with van der Waals surface area (Å²) < 4.78 is 13.2. The number of aryl methyl sites for hydroxylation is 1. The van der Waals surface area contributed by atoms with Gasteiger partial charge in [0.05, 0.1) is 15.6 Å². The number of halogens is 3. The fraction of sp³-hybridized carbons (Fsp3) is 0.250. The van der Waals surface area contributed by atoms with E-state index in [4.69, 9.17) is 23.2 Å². The average Bonchev–Trinajstić information content (AvgIpc) is 2.15. The van der Waals surface area contributed by atoms with Gasteiger partial charge in [0.2, 0.25) is 0 Å². The van der Waals surface area contributed by atoms with Crippen molar-refractivity contribution in [3.63, 3.8) is 0 Å². The summed E-state index contributed by atoms with van der Waals surface area (Å²) in [6.45, 7) is 3.86. The Morgan fingerprint density at radius 2 is 2.00 bits per heavy atom. The van der Waals surface area contributed by atoms with Crippen LogP contribution in [0.4, 0.5) is 4.39 Å². The van der Waals surface area contributed by atoms with Crippen molar-refractivity contribution in [1.82, 2.24) is 4.98 Å². The average molecular weight is 258 g/mol.